The van der Waals surface area contributed by atoms with Crippen LogP contribution in [0.5, 0.6) is 5.75 Å². The van der Waals surface area contributed by atoms with Crippen LogP contribution in [0.1, 0.15) is 21.5 Å². The second-order valence-electron chi connectivity index (χ2n) is 4.39. The fraction of sp³-hybridized carbons (Fsp3) is 0.133. The number of aryl methyl sites for hydroxylation is 1. The molecule has 0 saturated carbocycles. The molecule has 2 aromatic rings. The van der Waals surface area contributed by atoms with Gasteiger partial charge in [-0.25, -0.2) is 0 Å². The number of halogens is 1. The minimum Gasteiger partial charge on any atom is -0.508 e. The fourth-order valence-electron chi connectivity index (χ4n) is 1.78. The topological polar surface area (TPSA) is 49.3 Å². The van der Waals surface area contributed by atoms with Gasteiger partial charge in [0.05, 0.1) is 5.69 Å². The van der Waals surface area contributed by atoms with E-state index in [0.29, 0.717) is 16.8 Å². The van der Waals surface area contributed by atoms with Crippen LogP contribution in [0.2, 0.25) is 0 Å². The van der Waals surface area contributed by atoms with Gasteiger partial charge in [0.15, 0.2) is 0 Å². The van der Waals surface area contributed by atoms with Crippen molar-refractivity contribution in [3.8, 4) is 5.75 Å². The van der Waals surface area contributed by atoms with Gasteiger partial charge in [0.2, 0.25) is 0 Å². The van der Waals surface area contributed by atoms with Crippen molar-refractivity contribution in [1.82, 2.24) is 0 Å². The number of hydrogen-bond donors (Lipinski definition) is 2. The molecule has 2 aromatic carbocycles. The predicted octanol–water partition coefficient (Wildman–Crippen LogP) is 4.02. The van der Waals surface area contributed by atoms with Gasteiger partial charge in [-0.15, -0.1) is 0 Å². The standard InChI is InChI=1S/C15H14BrNO2/c1-9-6-7-13(12(16)8-9)17-15(19)11-4-3-5-14(18)10(11)2/h3-8,18H,1-2H3,(H,17,19). The van der Waals surface area contributed by atoms with Crippen LogP contribution >= 0.6 is 15.9 Å². The summed E-state index contributed by atoms with van der Waals surface area (Å²) in [6.45, 7) is 3.70. The molecular formula is C15H14BrNO2. The Labute approximate surface area is 120 Å². The van der Waals surface area contributed by atoms with E-state index < -0.39 is 0 Å². The van der Waals surface area contributed by atoms with Gasteiger partial charge in [-0.2, -0.15) is 0 Å². The average Bonchev–Trinajstić information content (AvgIpc) is 2.36. The summed E-state index contributed by atoms with van der Waals surface area (Å²) in [4.78, 5) is 12.2. The Hall–Kier alpha value is -1.81. The van der Waals surface area contributed by atoms with E-state index in [2.05, 4.69) is 21.2 Å². The Kier molecular flexibility index (Phi) is 3.90. The molecule has 0 atom stereocenters. The van der Waals surface area contributed by atoms with Crippen LogP contribution < -0.4 is 5.32 Å². The first-order valence-corrected chi connectivity index (χ1v) is 6.64. The highest BCUT2D eigenvalue weighted by molar-refractivity contribution is 9.10. The molecule has 0 aliphatic rings. The van der Waals surface area contributed by atoms with Crippen molar-refractivity contribution >= 4 is 27.5 Å². The first kappa shape index (κ1) is 13.6. The van der Waals surface area contributed by atoms with Gasteiger partial charge in [0.25, 0.3) is 5.91 Å². The highest BCUT2D eigenvalue weighted by Crippen LogP contribution is 2.25. The summed E-state index contributed by atoms with van der Waals surface area (Å²) >= 11 is 3.42. The third-order valence-corrected chi connectivity index (χ3v) is 3.58. The van der Waals surface area contributed by atoms with Crippen LogP contribution in [0.4, 0.5) is 5.69 Å². The van der Waals surface area contributed by atoms with Crippen LogP contribution in [0, 0.1) is 13.8 Å². The molecule has 98 valence electrons. The van der Waals surface area contributed by atoms with Gasteiger partial charge in [0, 0.05) is 15.6 Å². The van der Waals surface area contributed by atoms with E-state index in [4.69, 9.17) is 0 Å². The maximum Gasteiger partial charge on any atom is 0.256 e. The lowest BCUT2D eigenvalue weighted by molar-refractivity contribution is 0.102. The summed E-state index contributed by atoms with van der Waals surface area (Å²) < 4.78 is 0.832. The van der Waals surface area contributed by atoms with E-state index in [9.17, 15) is 9.90 Å². The Bertz CT molecular complexity index is 638. The first-order chi connectivity index (χ1) is 8.99. The summed E-state index contributed by atoms with van der Waals surface area (Å²) in [5, 5.41) is 12.4. The molecule has 0 heterocycles. The maximum atomic E-state index is 12.2. The molecule has 4 heteroatoms. The van der Waals surface area contributed by atoms with Gasteiger partial charge in [-0.3, -0.25) is 4.79 Å². The zero-order chi connectivity index (χ0) is 14.0. The van der Waals surface area contributed by atoms with Crippen molar-refractivity contribution in [2.75, 3.05) is 5.32 Å². The molecule has 0 aromatic heterocycles. The Morgan fingerprint density at radius 1 is 1.21 bits per heavy atom. The number of phenols is 1. The van der Waals surface area contributed by atoms with Gasteiger partial charge < -0.3 is 10.4 Å². The number of hydrogen-bond acceptors (Lipinski definition) is 2. The number of carbonyl (C=O) groups is 1. The molecular weight excluding hydrogens is 306 g/mol. The quantitative estimate of drug-likeness (QED) is 0.878. The van der Waals surface area contributed by atoms with E-state index in [1.807, 2.05) is 25.1 Å². The molecule has 19 heavy (non-hydrogen) atoms. The Balaban J connectivity index is 2.28. The predicted molar refractivity (Wildman–Crippen MR) is 79.7 cm³/mol. The lowest BCUT2D eigenvalue weighted by Gasteiger charge is -2.10. The molecule has 0 unspecified atom stereocenters. The van der Waals surface area contributed by atoms with Crippen LogP contribution in [0.15, 0.2) is 40.9 Å². The van der Waals surface area contributed by atoms with E-state index in [0.717, 1.165) is 10.0 Å². The van der Waals surface area contributed by atoms with E-state index in [1.54, 1.807) is 25.1 Å². The zero-order valence-electron chi connectivity index (χ0n) is 10.7. The van der Waals surface area contributed by atoms with Crippen molar-refractivity contribution in [1.29, 1.82) is 0 Å². The lowest BCUT2D eigenvalue weighted by Crippen LogP contribution is -2.13. The smallest absolute Gasteiger partial charge is 0.256 e. The second-order valence-corrected chi connectivity index (χ2v) is 5.24. The first-order valence-electron chi connectivity index (χ1n) is 5.85. The molecule has 2 rings (SSSR count). The molecule has 0 aliphatic carbocycles. The van der Waals surface area contributed by atoms with Crippen molar-refractivity contribution in [2.24, 2.45) is 0 Å². The van der Waals surface area contributed by atoms with Crippen LogP contribution in [-0.4, -0.2) is 11.0 Å². The molecule has 0 aliphatic heterocycles. The zero-order valence-corrected chi connectivity index (χ0v) is 12.3. The third kappa shape index (κ3) is 2.96. The normalized spacial score (nSPS) is 10.3. The molecule has 0 radical (unpaired) electrons. The molecule has 0 fully saturated rings. The maximum absolute atomic E-state index is 12.2. The molecule has 1 amide bonds. The van der Waals surface area contributed by atoms with Crippen molar-refractivity contribution < 1.29 is 9.90 Å². The number of aromatic hydroxyl groups is 1. The lowest BCUT2D eigenvalue weighted by atomic mass is 10.1. The summed E-state index contributed by atoms with van der Waals surface area (Å²) in [6, 6.07) is 10.6. The largest absolute Gasteiger partial charge is 0.508 e. The van der Waals surface area contributed by atoms with Gasteiger partial charge >= 0.3 is 0 Å². The molecule has 0 bridgehead atoms. The van der Waals surface area contributed by atoms with E-state index in [-0.39, 0.29) is 11.7 Å². The summed E-state index contributed by atoms with van der Waals surface area (Å²) in [7, 11) is 0. The fourth-order valence-corrected chi connectivity index (χ4v) is 2.37. The number of rotatable bonds is 2. The highest BCUT2D eigenvalue weighted by Gasteiger charge is 2.12. The van der Waals surface area contributed by atoms with Crippen molar-refractivity contribution in [3.05, 3.63) is 57.6 Å². The summed E-state index contributed by atoms with van der Waals surface area (Å²) in [6.07, 6.45) is 0. The average molecular weight is 320 g/mol. The number of benzene rings is 2. The summed E-state index contributed by atoms with van der Waals surface area (Å²) in [5.74, 6) is -0.117. The summed E-state index contributed by atoms with van der Waals surface area (Å²) in [5.41, 5.74) is 2.85. The van der Waals surface area contributed by atoms with Crippen LogP contribution in [0.25, 0.3) is 0 Å². The molecule has 3 nitrogen and oxygen atoms in total. The minimum atomic E-state index is -0.238. The number of amides is 1. The highest BCUT2D eigenvalue weighted by atomic mass is 79.9. The second kappa shape index (κ2) is 5.45. The van der Waals surface area contributed by atoms with E-state index in [1.165, 1.54) is 0 Å². The number of phenolic OH excluding ortho intramolecular Hbond substituents is 1. The van der Waals surface area contributed by atoms with Gasteiger partial charge in [0.1, 0.15) is 5.75 Å². The number of nitrogens with one attached hydrogen (secondary N) is 1. The third-order valence-electron chi connectivity index (χ3n) is 2.92. The Morgan fingerprint density at radius 3 is 2.63 bits per heavy atom. The molecule has 0 spiro atoms. The van der Waals surface area contributed by atoms with Crippen LogP contribution in [0.3, 0.4) is 0 Å². The van der Waals surface area contributed by atoms with E-state index >= 15 is 0 Å². The monoisotopic (exact) mass is 319 g/mol. The van der Waals surface area contributed by atoms with Crippen LogP contribution in [-0.2, 0) is 0 Å². The van der Waals surface area contributed by atoms with Gasteiger partial charge in [-0.05, 0) is 59.6 Å². The van der Waals surface area contributed by atoms with Crippen molar-refractivity contribution in [3.63, 3.8) is 0 Å². The van der Waals surface area contributed by atoms with Crippen molar-refractivity contribution in [2.45, 2.75) is 13.8 Å². The SMILES string of the molecule is Cc1ccc(NC(=O)c2cccc(O)c2C)c(Br)c1. The number of anilines is 1. The minimum absolute atomic E-state index is 0.121. The van der Waals surface area contributed by atoms with Gasteiger partial charge in [-0.1, -0.05) is 12.1 Å². The molecule has 0 saturated heterocycles. The molecule has 2 N–H and O–H groups in total. The Morgan fingerprint density at radius 2 is 1.95 bits per heavy atom. The number of carbonyl (C=O) groups excluding carboxylic acids is 1.